The van der Waals surface area contributed by atoms with E-state index < -0.39 is 0 Å². The second kappa shape index (κ2) is 12.0. The molecule has 0 unspecified atom stereocenters. The van der Waals surface area contributed by atoms with Crippen LogP contribution in [-0.2, 0) is 32.2 Å². The van der Waals surface area contributed by atoms with Gasteiger partial charge in [-0.2, -0.15) is 0 Å². The quantitative estimate of drug-likeness (QED) is 0.325. The number of para-hydroxylation sites is 2. The third-order valence-corrected chi connectivity index (χ3v) is 8.87. The number of ether oxygens (including phenoxy) is 2. The summed E-state index contributed by atoms with van der Waals surface area (Å²) in [6.45, 7) is 13.6. The van der Waals surface area contributed by atoms with Gasteiger partial charge in [0.1, 0.15) is 12.2 Å². The Bertz CT molecular complexity index is 992. The van der Waals surface area contributed by atoms with Crippen LogP contribution in [-0.4, -0.2) is 28.7 Å². The van der Waals surface area contributed by atoms with E-state index in [4.69, 9.17) is 9.47 Å². The number of fused-ring (bicyclic) bond motifs is 1. The maximum atomic E-state index is 13.1. The van der Waals surface area contributed by atoms with Gasteiger partial charge in [-0.1, -0.05) is 66.5 Å². The Morgan fingerprint density at radius 2 is 1.41 bits per heavy atom. The first-order chi connectivity index (χ1) is 17.6. The highest BCUT2D eigenvalue weighted by molar-refractivity contribution is 5.76. The van der Waals surface area contributed by atoms with Gasteiger partial charge in [0.15, 0.2) is 24.1 Å². The van der Waals surface area contributed by atoms with Gasteiger partial charge >= 0.3 is 11.9 Å². The van der Waals surface area contributed by atoms with E-state index in [0.29, 0.717) is 35.5 Å². The molecule has 0 spiro atoms. The number of carbonyl (C=O) groups excluding carboxylic acids is 2. The zero-order valence-electron chi connectivity index (χ0n) is 23.7. The lowest BCUT2D eigenvalue weighted by atomic mass is 9.75. The van der Waals surface area contributed by atoms with Gasteiger partial charge in [-0.25, -0.2) is 18.7 Å². The van der Waals surface area contributed by atoms with Crippen LogP contribution in [0.1, 0.15) is 80.1 Å². The maximum Gasteiger partial charge on any atom is 0.348 e. The molecule has 204 valence electrons. The monoisotopic (exact) mass is 511 g/mol. The number of hydrogen-bond acceptors (Lipinski definition) is 4. The molecule has 0 saturated heterocycles. The number of esters is 2. The van der Waals surface area contributed by atoms with Gasteiger partial charge in [-0.3, -0.25) is 0 Å². The summed E-state index contributed by atoms with van der Waals surface area (Å²) in [6, 6.07) is 7.89. The Kier molecular flexibility index (Phi) is 8.97. The van der Waals surface area contributed by atoms with Crippen LogP contribution >= 0.6 is 0 Å². The number of carbonyl (C=O) groups is 2. The Balaban J connectivity index is 1.45. The molecular formula is C31H47N2O4+. The minimum atomic E-state index is -0.212. The molecule has 6 atom stereocenters. The molecular weight excluding hydrogens is 464 g/mol. The first kappa shape index (κ1) is 27.7. The van der Waals surface area contributed by atoms with Crippen LogP contribution in [0.15, 0.2) is 30.6 Å². The molecule has 2 aliphatic rings. The van der Waals surface area contributed by atoms with Crippen LogP contribution in [0.3, 0.4) is 0 Å². The second-order valence-electron chi connectivity index (χ2n) is 12.6. The van der Waals surface area contributed by atoms with E-state index in [0.717, 1.165) is 36.7 Å². The number of nitrogens with zero attached hydrogens (tertiary/aromatic N) is 2. The first-order valence-electron chi connectivity index (χ1n) is 14.5. The zero-order valence-corrected chi connectivity index (χ0v) is 23.7. The SMILES string of the molecule is CC(C)[C@H]1CC[C@H](C)C[C@H]1OC(=O)C[n+]1cn(CC(=O)O[C@H]2C[C@@H](C)CC[C@H]2C(C)C)c2ccccc21. The summed E-state index contributed by atoms with van der Waals surface area (Å²) in [7, 11) is 0. The third kappa shape index (κ3) is 6.74. The summed E-state index contributed by atoms with van der Waals surface area (Å²) in [5.41, 5.74) is 1.83. The predicted molar refractivity (Wildman–Crippen MR) is 145 cm³/mol. The largest absolute Gasteiger partial charge is 0.459 e. The van der Waals surface area contributed by atoms with Crippen molar-refractivity contribution >= 4 is 23.0 Å². The van der Waals surface area contributed by atoms with E-state index in [1.807, 2.05) is 39.7 Å². The van der Waals surface area contributed by atoms with Crippen molar-refractivity contribution in [2.24, 2.45) is 35.5 Å². The zero-order chi connectivity index (χ0) is 26.7. The lowest BCUT2D eigenvalue weighted by molar-refractivity contribution is -0.661. The molecule has 0 aliphatic heterocycles. The van der Waals surface area contributed by atoms with Crippen LogP contribution in [0, 0.1) is 35.5 Å². The molecule has 1 aromatic heterocycles. The van der Waals surface area contributed by atoms with E-state index in [1.54, 1.807) is 0 Å². The predicted octanol–water partition coefficient (Wildman–Crippen LogP) is 5.94. The summed E-state index contributed by atoms with van der Waals surface area (Å²) < 4.78 is 15.9. The van der Waals surface area contributed by atoms with Gasteiger partial charge in [0.05, 0.1) is 0 Å². The third-order valence-electron chi connectivity index (χ3n) is 8.87. The van der Waals surface area contributed by atoms with E-state index in [9.17, 15) is 9.59 Å². The Morgan fingerprint density at radius 1 is 0.865 bits per heavy atom. The van der Waals surface area contributed by atoms with E-state index in [2.05, 4.69) is 41.5 Å². The smallest absolute Gasteiger partial charge is 0.348 e. The highest BCUT2D eigenvalue weighted by Gasteiger charge is 2.35. The van der Waals surface area contributed by atoms with E-state index in [1.165, 1.54) is 12.8 Å². The van der Waals surface area contributed by atoms with Crippen LogP contribution in [0.4, 0.5) is 0 Å². The number of aromatic nitrogens is 2. The van der Waals surface area contributed by atoms with Crippen molar-refractivity contribution < 1.29 is 23.6 Å². The molecule has 4 rings (SSSR count). The molecule has 2 aromatic rings. The number of hydrogen-bond donors (Lipinski definition) is 0. The van der Waals surface area contributed by atoms with E-state index in [-0.39, 0.29) is 37.2 Å². The fraction of sp³-hybridized carbons (Fsp3) is 0.710. The second-order valence-corrected chi connectivity index (χ2v) is 12.6. The van der Waals surface area contributed by atoms with E-state index >= 15 is 0 Å². The summed E-state index contributed by atoms with van der Waals surface area (Å²) in [4.78, 5) is 26.2. The van der Waals surface area contributed by atoms with Crippen molar-refractivity contribution in [1.82, 2.24) is 4.57 Å². The normalized spacial score (nSPS) is 28.5. The summed E-state index contributed by atoms with van der Waals surface area (Å²) >= 11 is 0. The Morgan fingerprint density at radius 3 is 1.97 bits per heavy atom. The van der Waals surface area contributed by atoms with Gasteiger partial charge < -0.3 is 9.47 Å². The highest BCUT2D eigenvalue weighted by Crippen LogP contribution is 2.36. The van der Waals surface area contributed by atoms with Crippen molar-refractivity contribution in [2.75, 3.05) is 0 Å². The van der Waals surface area contributed by atoms with Crippen LogP contribution in [0.5, 0.6) is 0 Å². The van der Waals surface area contributed by atoms with Crippen molar-refractivity contribution in [3.63, 3.8) is 0 Å². The summed E-state index contributed by atoms with van der Waals surface area (Å²) in [5.74, 6) is 2.55. The van der Waals surface area contributed by atoms with Crippen molar-refractivity contribution in [1.29, 1.82) is 0 Å². The van der Waals surface area contributed by atoms with Crippen molar-refractivity contribution in [2.45, 2.75) is 105 Å². The standard InChI is InChI=1S/C31H47N2O4/c1-20(2)24-13-11-22(5)15-28(24)36-30(34)17-32-19-33(27-10-8-7-9-26(27)32)18-31(35)37-29-16-23(6)12-14-25(29)21(3)4/h7-10,19-25,28-29H,11-18H2,1-6H3/q+1/t22-,23-,24-,25+,28-,29+/m0/s1. The molecule has 6 heteroatoms. The highest BCUT2D eigenvalue weighted by atomic mass is 16.5. The lowest BCUT2D eigenvalue weighted by Crippen LogP contribution is -2.42. The number of benzene rings is 1. The van der Waals surface area contributed by atoms with Crippen molar-refractivity contribution in [3.05, 3.63) is 30.6 Å². The molecule has 2 aliphatic carbocycles. The van der Waals surface area contributed by atoms with Crippen LogP contribution in [0.2, 0.25) is 0 Å². The van der Waals surface area contributed by atoms with Crippen LogP contribution < -0.4 is 4.57 Å². The molecule has 0 radical (unpaired) electrons. The molecule has 0 N–H and O–H groups in total. The molecule has 2 saturated carbocycles. The van der Waals surface area contributed by atoms with Gasteiger partial charge in [0, 0.05) is 0 Å². The van der Waals surface area contributed by atoms with Gasteiger partial charge in [-0.05, 0) is 73.3 Å². The van der Waals surface area contributed by atoms with Gasteiger partial charge in [0.2, 0.25) is 6.33 Å². The maximum absolute atomic E-state index is 13.1. The molecule has 1 heterocycles. The Labute approximate surface area is 222 Å². The Hall–Kier alpha value is -2.37. The average molecular weight is 512 g/mol. The topological polar surface area (TPSA) is 61.4 Å². The summed E-state index contributed by atoms with van der Waals surface area (Å²) in [6.07, 6.45) is 8.32. The van der Waals surface area contributed by atoms with Crippen LogP contribution in [0.25, 0.3) is 11.0 Å². The first-order valence-corrected chi connectivity index (χ1v) is 14.5. The van der Waals surface area contributed by atoms with Gasteiger partial charge in [0.25, 0.3) is 0 Å². The minimum Gasteiger partial charge on any atom is -0.459 e. The van der Waals surface area contributed by atoms with Gasteiger partial charge in [-0.15, -0.1) is 0 Å². The number of rotatable bonds is 8. The average Bonchev–Trinajstić information content (AvgIpc) is 3.15. The number of imidazole rings is 1. The van der Waals surface area contributed by atoms with Crippen molar-refractivity contribution in [3.8, 4) is 0 Å². The molecule has 0 amide bonds. The molecule has 2 fully saturated rings. The fourth-order valence-electron chi connectivity index (χ4n) is 6.69. The lowest BCUT2D eigenvalue weighted by Gasteiger charge is -2.36. The summed E-state index contributed by atoms with van der Waals surface area (Å²) in [5, 5.41) is 0. The molecule has 37 heavy (non-hydrogen) atoms. The molecule has 0 bridgehead atoms. The molecule has 1 aromatic carbocycles. The fourth-order valence-corrected chi connectivity index (χ4v) is 6.69. The molecule has 6 nitrogen and oxygen atoms in total. The minimum absolute atomic E-state index is 0.0213.